The molecule has 0 N–H and O–H groups in total. The van der Waals surface area contributed by atoms with Gasteiger partial charge < -0.3 is 13.7 Å². The zero-order valence-electron chi connectivity index (χ0n) is 14.1. The number of hydrogen-bond acceptors (Lipinski definition) is 8. The maximum atomic E-state index is 13.0. The van der Waals surface area contributed by atoms with Gasteiger partial charge in [-0.05, 0) is 36.4 Å². The van der Waals surface area contributed by atoms with Crippen molar-refractivity contribution in [2.24, 2.45) is 0 Å². The van der Waals surface area contributed by atoms with Gasteiger partial charge in [0.25, 0.3) is 5.22 Å². The van der Waals surface area contributed by atoms with E-state index >= 15 is 0 Å². The van der Waals surface area contributed by atoms with Crippen LogP contribution >= 0.6 is 11.8 Å². The molecule has 0 spiro atoms. The SMILES string of the molecule is COc1cccc(-c2noc(CSc3nnc(-c4ccc(F)cc4)o3)n2)c1. The number of benzene rings is 2. The van der Waals surface area contributed by atoms with Gasteiger partial charge in [-0.1, -0.05) is 29.1 Å². The summed E-state index contributed by atoms with van der Waals surface area (Å²) in [5, 5.41) is 12.3. The van der Waals surface area contributed by atoms with E-state index in [4.69, 9.17) is 13.7 Å². The van der Waals surface area contributed by atoms with Crippen LogP contribution in [0.3, 0.4) is 0 Å². The van der Waals surface area contributed by atoms with E-state index < -0.39 is 0 Å². The normalized spacial score (nSPS) is 10.9. The first-order chi connectivity index (χ1) is 13.2. The molecular weight excluding hydrogens is 371 g/mol. The maximum Gasteiger partial charge on any atom is 0.277 e. The number of methoxy groups -OCH3 is 1. The van der Waals surface area contributed by atoms with Crippen LogP contribution in [0.1, 0.15) is 5.89 Å². The van der Waals surface area contributed by atoms with Crippen molar-refractivity contribution < 1.29 is 18.1 Å². The van der Waals surface area contributed by atoms with Crippen molar-refractivity contribution in [2.45, 2.75) is 11.0 Å². The Bertz CT molecular complexity index is 1050. The number of halogens is 1. The van der Waals surface area contributed by atoms with Crippen LogP contribution in [0.25, 0.3) is 22.8 Å². The third-order valence-corrected chi connectivity index (χ3v) is 4.42. The van der Waals surface area contributed by atoms with E-state index in [0.29, 0.717) is 39.9 Å². The van der Waals surface area contributed by atoms with Gasteiger partial charge in [0.2, 0.25) is 17.6 Å². The Morgan fingerprint density at radius 1 is 1.07 bits per heavy atom. The Balaban J connectivity index is 1.42. The highest BCUT2D eigenvalue weighted by molar-refractivity contribution is 7.98. The van der Waals surface area contributed by atoms with Crippen LogP contribution in [0.4, 0.5) is 4.39 Å². The van der Waals surface area contributed by atoms with Gasteiger partial charge in [0.1, 0.15) is 11.6 Å². The zero-order chi connectivity index (χ0) is 18.6. The summed E-state index contributed by atoms with van der Waals surface area (Å²) in [7, 11) is 1.60. The predicted molar refractivity (Wildman–Crippen MR) is 95.5 cm³/mol. The average molecular weight is 384 g/mol. The van der Waals surface area contributed by atoms with Crippen LogP contribution < -0.4 is 4.74 Å². The number of hydrogen-bond donors (Lipinski definition) is 0. The minimum absolute atomic E-state index is 0.320. The molecule has 0 aliphatic carbocycles. The van der Waals surface area contributed by atoms with Crippen molar-refractivity contribution in [2.75, 3.05) is 7.11 Å². The molecule has 7 nitrogen and oxygen atoms in total. The quantitative estimate of drug-likeness (QED) is 0.457. The summed E-state index contributed by atoms with van der Waals surface area (Å²) in [6.45, 7) is 0. The molecule has 9 heteroatoms. The first-order valence-corrected chi connectivity index (χ1v) is 8.89. The topological polar surface area (TPSA) is 87.1 Å². The largest absolute Gasteiger partial charge is 0.497 e. The fourth-order valence-electron chi connectivity index (χ4n) is 2.29. The number of rotatable bonds is 6. The molecule has 2 heterocycles. The molecule has 136 valence electrons. The lowest BCUT2D eigenvalue weighted by Gasteiger charge is -1.99. The van der Waals surface area contributed by atoms with Gasteiger partial charge in [-0.15, -0.1) is 10.2 Å². The van der Waals surface area contributed by atoms with Crippen LogP contribution in [0.5, 0.6) is 5.75 Å². The van der Waals surface area contributed by atoms with Crippen molar-refractivity contribution >= 4 is 11.8 Å². The molecule has 0 aliphatic rings. The molecule has 4 rings (SSSR count). The number of aromatic nitrogens is 4. The summed E-state index contributed by atoms with van der Waals surface area (Å²) in [6.07, 6.45) is 0. The first kappa shape index (κ1) is 17.2. The molecule has 27 heavy (non-hydrogen) atoms. The van der Waals surface area contributed by atoms with Gasteiger partial charge in [0, 0.05) is 11.1 Å². The van der Waals surface area contributed by atoms with Crippen LogP contribution in [-0.4, -0.2) is 27.4 Å². The lowest BCUT2D eigenvalue weighted by atomic mass is 10.2. The third-order valence-electron chi connectivity index (χ3n) is 3.61. The third kappa shape index (κ3) is 3.98. The molecule has 0 saturated heterocycles. The molecule has 0 fully saturated rings. The van der Waals surface area contributed by atoms with Crippen molar-refractivity contribution in [1.82, 2.24) is 20.3 Å². The number of ether oxygens (including phenoxy) is 1. The minimum atomic E-state index is -0.323. The van der Waals surface area contributed by atoms with Gasteiger partial charge in [-0.2, -0.15) is 4.98 Å². The van der Waals surface area contributed by atoms with Crippen molar-refractivity contribution in [3.05, 3.63) is 60.2 Å². The Morgan fingerprint density at radius 2 is 1.93 bits per heavy atom. The van der Waals surface area contributed by atoms with E-state index in [1.54, 1.807) is 19.2 Å². The average Bonchev–Trinajstić information content (AvgIpc) is 3.37. The van der Waals surface area contributed by atoms with E-state index in [2.05, 4.69) is 20.3 Å². The number of nitrogens with zero attached hydrogens (tertiary/aromatic N) is 4. The summed E-state index contributed by atoms with van der Waals surface area (Å²) in [5.41, 5.74) is 1.44. The van der Waals surface area contributed by atoms with Crippen LogP contribution in [0.2, 0.25) is 0 Å². The highest BCUT2D eigenvalue weighted by atomic mass is 32.2. The van der Waals surface area contributed by atoms with E-state index in [1.165, 1.54) is 23.9 Å². The van der Waals surface area contributed by atoms with Crippen molar-refractivity contribution in [3.63, 3.8) is 0 Å². The fraction of sp³-hybridized carbons (Fsp3) is 0.111. The van der Waals surface area contributed by atoms with E-state index in [-0.39, 0.29) is 5.82 Å². The molecule has 0 aliphatic heterocycles. The summed E-state index contributed by atoms with van der Waals surface area (Å²) < 4.78 is 29.0. The minimum Gasteiger partial charge on any atom is -0.497 e. The number of thioether (sulfide) groups is 1. The molecule has 0 unspecified atom stereocenters. The van der Waals surface area contributed by atoms with Gasteiger partial charge >= 0.3 is 0 Å². The smallest absolute Gasteiger partial charge is 0.277 e. The van der Waals surface area contributed by atoms with Crippen molar-refractivity contribution in [1.29, 1.82) is 0 Å². The maximum absolute atomic E-state index is 13.0. The second kappa shape index (κ2) is 7.58. The standard InChI is InChI=1S/C18H13FN4O3S/c1-24-14-4-2-3-12(9-14)16-20-15(26-23-16)10-27-18-22-21-17(25-18)11-5-7-13(19)8-6-11/h2-9H,10H2,1H3. The molecule has 0 bridgehead atoms. The Kier molecular flexibility index (Phi) is 4.84. The highest BCUT2D eigenvalue weighted by Crippen LogP contribution is 2.27. The molecule has 0 saturated carbocycles. The fourth-order valence-corrected chi connectivity index (χ4v) is 2.89. The van der Waals surface area contributed by atoms with E-state index in [9.17, 15) is 4.39 Å². The molecule has 2 aromatic heterocycles. The van der Waals surface area contributed by atoms with E-state index in [0.717, 1.165) is 5.56 Å². The van der Waals surface area contributed by atoms with Gasteiger partial charge in [-0.25, -0.2) is 4.39 Å². The second-order valence-electron chi connectivity index (χ2n) is 5.41. The Labute approximate surface area is 157 Å². The zero-order valence-corrected chi connectivity index (χ0v) is 14.9. The highest BCUT2D eigenvalue weighted by Gasteiger charge is 2.13. The van der Waals surface area contributed by atoms with Gasteiger partial charge in [0.05, 0.1) is 12.9 Å². The van der Waals surface area contributed by atoms with Gasteiger partial charge in [0.15, 0.2) is 0 Å². The lowest BCUT2D eigenvalue weighted by Crippen LogP contribution is -1.86. The van der Waals surface area contributed by atoms with Crippen LogP contribution in [0, 0.1) is 5.82 Å². The summed E-state index contributed by atoms with van der Waals surface area (Å²) >= 11 is 1.27. The molecular formula is C18H13FN4O3S. The van der Waals surface area contributed by atoms with Crippen LogP contribution in [-0.2, 0) is 5.75 Å². The summed E-state index contributed by atoms with van der Waals surface area (Å²) in [4.78, 5) is 4.36. The Hall–Kier alpha value is -3.20. The molecule has 0 radical (unpaired) electrons. The molecule has 0 atom stereocenters. The van der Waals surface area contributed by atoms with E-state index in [1.807, 2.05) is 24.3 Å². The second-order valence-corrected chi connectivity index (χ2v) is 6.34. The first-order valence-electron chi connectivity index (χ1n) is 7.90. The summed E-state index contributed by atoms with van der Waals surface area (Å²) in [6, 6.07) is 13.2. The Morgan fingerprint density at radius 3 is 2.74 bits per heavy atom. The van der Waals surface area contributed by atoms with Gasteiger partial charge in [-0.3, -0.25) is 0 Å². The van der Waals surface area contributed by atoms with Crippen LogP contribution in [0.15, 0.2) is 62.7 Å². The predicted octanol–water partition coefficient (Wildman–Crippen LogP) is 4.23. The monoisotopic (exact) mass is 384 g/mol. The lowest BCUT2D eigenvalue weighted by molar-refractivity contribution is 0.390. The molecule has 4 aromatic rings. The molecule has 2 aromatic carbocycles. The van der Waals surface area contributed by atoms with Crippen molar-refractivity contribution in [3.8, 4) is 28.6 Å². The molecule has 0 amide bonds. The summed E-state index contributed by atoms with van der Waals surface area (Å²) in [5.74, 6) is 1.99.